The maximum atomic E-state index is 12.4. The zero-order valence-corrected chi connectivity index (χ0v) is 29.4. The third kappa shape index (κ3) is 9.27. The summed E-state index contributed by atoms with van der Waals surface area (Å²) in [6, 6.07) is 5.72. The number of nitrogens with zero attached hydrogens (tertiary/aromatic N) is 5. The number of ether oxygens (including phenoxy) is 5. The average Bonchev–Trinajstić information content (AvgIpc) is 3.39. The molecule has 1 aliphatic heterocycles. The number of aromatic nitrogens is 3. The maximum Gasteiger partial charge on any atom is 0.407 e. The Morgan fingerprint density at radius 2 is 1.68 bits per heavy atom. The van der Waals surface area contributed by atoms with Gasteiger partial charge < -0.3 is 38.8 Å². The largest absolute Gasteiger partial charge is 0.493 e. The monoisotopic (exact) mass is 671 g/mol. The molecule has 3 aromatic rings. The number of alkyl carbamates (subject to hydrolysis) is 1. The van der Waals surface area contributed by atoms with Crippen LogP contribution >= 0.6 is 11.3 Å². The lowest BCUT2D eigenvalue weighted by molar-refractivity contribution is 0.0494. The van der Waals surface area contributed by atoms with Crippen molar-refractivity contribution in [1.29, 1.82) is 0 Å². The van der Waals surface area contributed by atoms with E-state index < -0.39 is 17.7 Å². The highest BCUT2D eigenvalue weighted by Gasteiger charge is 2.26. The summed E-state index contributed by atoms with van der Waals surface area (Å²) in [5.41, 5.74) is 0.916. The second-order valence-corrected chi connectivity index (χ2v) is 13.0. The van der Waals surface area contributed by atoms with Crippen LogP contribution in [0.2, 0.25) is 0 Å². The summed E-state index contributed by atoms with van der Waals surface area (Å²) < 4.78 is 27.2. The van der Waals surface area contributed by atoms with Crippen LogP contribution in [0.3, 0.4) is 0 Å². The van der Waals surface area contributed by atoms with E-state index >= 15 is 0 Å². The highest BCUT2D eigenvalue weighted by atomic mass is 32.1. The molecule has 256 valence electrons. The lowest BCUT2D eigenvalue weighted by Crippen LogP contribution is -2.46. The van der Waals surface area contributed by atoms with Gasteiger partial charge in [-0.1, -0.05) is 11.3 Å². The van der Waals surface area contributed by atoms with E-state index in [0.717, 1.165) is 18.4 Å². The first kappa shape index (κ1) is 35.3. The molecule has 47 heavy (non-hydrogen) atoms. The standard InChI is InChI=1S/C32H45N7O7S/c1-10-45-28(40)27-19(2)33-30(47-27)37-29-35-24(38(6)18-20-15-22(42-7)26(44-9)23(16-20)43-8)17-25(36-29)39-13-11-21(12-14-39)34-31(41)46-32(3,4)5/h15-17,21H,10-14,18H2,1-9H3,(H,34,41)(H,33,35,36,37). The number of rotatable bonds is 12. The molecule has 0 unspecified atom stereocenters. The van der Waals surface area contributed by atoms with Gasteiger partial charge in [0.25, 0.3) is 0 Å². The second-order valence-electron chi connectivity index (χ2n) is 12.0. The number of benzene rings is 1. The van der Waals surface area contributed by atoms with Crippen molar-refractivity contribution in [3.63, 3.8) is 0 Å². The Bertz CT molecular complexity index is 1530. The van der Waals surface area contributed by atoms with Crippen molar-refractivity contribution in [3.8, 4) is 17.2 Å². The Balaban J connectivity index is 1.60. The molecule has 4 rings (SSSR count). The molecule has 1 amide bonds. The van der Waals surface area contributed by atoms with Gasteiger partial charge in [0.05, 0.1) is 33.6 Å². The number of thiazole rings is 1. The number of carbonyl (C=O) groups excluding carboxylic acids is 2. The van der Waals surface area contributed by atoms with Crippen molar-refractivity contribution in [2.75, 3.05) is 63.2 Å². The van der Waals surface area contributed by atoms with Crippen LogP contribution in [0.5, 0.6) is 17.2 Å². The maximum absolute atomic E-state index is 12.4. The first-order valence-electron chi connectivity index (χ1n) is 15.4. The summed E-state index contributed by atoms with van der Waals surface area (Å²) in [6.07, 6.45) is 1.02. The van der Waals surface area contributed by atoms with Crippen LogP contribution in [0, 0.1) is 6.92 Å². The predicted octanol–water partition coefficient (Wildman–Crippen LogP) is 5.32. The molecule has 0 bridgehead atoms. The number of hydrogen-bond acceptors (Lipinski definition) is 14. The van der Waals surface area contributed by atoms with Crippen LogP contribution in [-0.4, -0.2) is 86.7 Å². The van der Waals surface area contributed by atoms with Crippen molar-refractivity contribution in [2.45, 2.75) is 65.6 Å². The summed E-state index contributed by atoms with van der Waals surface area (Å²) in [7, 11) is 6.67. The molecule has 0 aliphatic carbocycles. The molecular weight excluding hydrogens is 626 g/mol. The van der Waals surface area contributed by atoms with Gasteiger partial charge in [0, 0.05) is 38.8 Å². The zero-order chi connectivity index (χ0) is 34.3. The van der Waals surface area contributed by atoms with Gasteiger partial charge in [-0.25, -0.2) is 14.6 Å². The lowest BCUT2D eigenvalue weighted by Gasteiger charge is -2.34. The quantitative estimate of drug-likeness (QED) is 0.240. The number of carbonyl (C=O) groups is 2. The molecular formula is C32H45N7O7S. The number of amides is 1. The van der Waals surface area contributed by atoms with Crippen LogP contribution in [0.4, 0.5) is 27.5 Å². The number of hydrogen-bond donors (Lipinski definition) is 2. The third-order valence-corrected chi connectivity index (χ3v) is 8.30. The molecule has 0 spiro atoms. The van der Waals surface area contributed by atoms with E-state index in [1.54, 1.807) is 35.2 Å². The molecule has 2 aromatic heterocycles. The van der Waals surface area contributed by atoms with Crippen LogP contribution in [0.25, 0.3) is 0 Å². The predicted molar refractivity (Wildman–Crippen MR) is 181 cm³/mol. The minimum absolute atomic E-state index is 0.0118. The molecule has 1 saturated heterocycles. The van der Waals surface area contributed by atoms with Crippen molar-refractivity contribution >= 4 is 46.1 Å². The Labute approximate surface area is 279 Å². The number of nitrogens with one attached hydrogen (secondary N) is 2. The van der Waals surface area contributed by atoms with E-state index in [0.29, 0.717) is 70.2 Å². The van der Waals surface area contributed by atoms with Crippen molar-refractivity contribution in [1.82, 2.24) is 20.3 Å². The fourth-order valence-corrected chi connectivity index (χ4v) is 5.93. The summed E-state index contributed by atoms with van der Waals surface area (Å²) in [5.74, 6) is 2.90. The Morgan fingerprint density at radius 1 is 1.02 bits per heavy atom. The number of methoxy groups -OCH3 is 3. The summed E-state index contributed by atoms with van der Waals surface area (Å²) >= 11 is 1.19. The molecule has 0 saturated carbocycles. The highest BCUT2D eigenvalue weighted by molar-refractivity contribution is 7.17. The Morgan fingerprint density at radius 3 is 2.26 bits per heavy atom. The van der Waals surface area contributed by atoms with Gasteiger partial charge in [-0.15, -0.1) is 0 Å². The van der Waals surface area contributed by atoms with Gasteiger partial charge in [0.2, 0.25) is 11.7 Å². The minimum Gasteiger partial charge on any atom is -0.493 e. The van der Waals surface area contributed by atoms with Crippen LogP contribution in [0.1, 0.15) is 61.5 Å². The lowest BCUT2D eigenvalue weighted by atomic mass is 10.1. The average molecular weight is 672 g/mol. The Kier molecular flexibility index (Phi) is 11.6. The van der Waals surface area contributed by atoms with Crippen molar-refractivity contribution in [2.24, 2.45) is 0 Å². The summed E-state index contributed by atoms with van der Waals surface area (Å²) in [4.78, 5) is 43.5. The first-order valence-corrected chi connectivity index (χ1v) is 16.2. The fraction of sp³-hybridized carbons (Fsp3) is 0.531. The van der Waals surface area contributed by atoms with E-state index in [-0.39, 0.29) is 12.6 Å². The van der Waals surface area contributed by atoms with E-state index in [1.165, 1.54) is 11.3 Å². The van der Waals surface area contributed by atoms with Crippen LogP contribution in [-0.2, 0) is 16.0 Å². The Hall–Kier alpha value is -4.53. The molecule has 1 fully saturated rings. The van der Waals surface area contributed by atoms with Gasteiger partial charge in [-0.3, -0.25) is 5.32 Å². The molecule has 3 heterocycles. The van der Waals surface area contributed by atoms with E-state index in [9.17, 15) is 9.59 Å². The number of esters is 1. The van der Waals surface area contributed by atoms with Gasteiger partial charge in [0.15, 0.2) is 16.6 Å². The van der Waals surface area contributed by atoms with Gasteiger partial charge in [-0.2, -0.15) is 9.97 Å². The number of piperidine rings is 1. The first-order chi connectivity index (χ1) is 22.3. The zero-order valence-electron chi connectivity index (χ0n) is 28.6. The van der Waals surface area contributed by atoms with E-state index in [2.05, 4.69) is 20.5 Å². The third-order valence-electron chi connectivity index (χ3n) is 7.25. The summed E-state index contributed by atoms with van der Waals surface area (Å²) in [6.45, 7) is 11.1. The second kappa shape index (κ2) is 15.4. The topological polar surface area (TPSA) is 150 Å². The summed E-state index contributed by atoms with van der Waals surface area (Å²) in [5, 5.41) is 6.66. The SMILES string of the molecule is CCOC(=O)c1sc(Nc2nc(N(C)Cc3cc(OC)c(OC)c(OC)c3)cc(N3CCC(NC(=O)OC(C)(C)C)CC3)n2)nc1C. The van der Waals surface area contributed by atoms with Crippen molar-refractivity contribution < 1.29 is 33.3 Å². The van der Waals surface area contributed by atoms with Gasteiger partial charge in [-0.05, 0) is 65.2 Å². The molecule has 15 heteroatoms. The van der Waals surface area contributed by atoms with E-state index in [1.807, 2.05) is 50.9 Å². The molecule has 2 N–H and O–H groups in total. The van der Waals surface area contributed by atoms with Crippen LogP contribution < -0.4 is 34.6 Å². The fourth-order valence-electron chi connectivity index (χ4n) is 5.08. The van der Waals surface area contributed by atoms with Crippen LogP contribution in [0.15, 0.2) is 18.2 Å². The number of aryl methyl sites for hydroxylation is 1. The molecule has 1 aromatic carbocycles. The van der Waals surface area contributed by atoms with Gasteiger partial charge >= 0.3 is 12.1 Å². The molecule has 14 nitrogen and oxygen atoms in total. The van der Waals surface area contributed by atoms with Crippen molar-refractivity contribution in [3.05, 3.63) is 34.3 Å². The normalized spacial score (nSPS) is 13.5. The van der Waals surface area contributed by atoms with Gasteiger partial charge in [0.1, 0.15) is 22.1 Å². The smallest absolute Gasteiger partial charge is 0.407 e. The molecule has 0 radical (unpaired) electrons. The molecule has 1 aliphatic rings. The molecule has 0 atom stereocenters. The highest BCUT2D eigenvalue weighted by Crippen LogP contribution is 2.39. The minimum atomic E-state index is -0.563. The van der Waals surface area contributed by atoms with E-state index in [4.69, 9.17) is 33.7 Å². The number of anilines is 4.